The van der Waals surface area contributed by atoms with Crippen LogP contribution >= 0.6 is 0 Å². The van der Waals surface area contributed by atoms with Gasteiger partial charge in [-0.15, -0.1) is 0 Å². The largest absolute Gasteiger partial charge is 0.396 e. The summed E-state index contributed by atoms with van der Waals surface area (Å²) >= 11 is 0. The van der Waals surface area contributed by atoms with Crippen LogP contribution in [0.25, 0.3) is 0 Å². The van der Waals surface area contributed by atoms with Crippen LogP contribution in [0.3, 0.4) is 0 Å². The summed E-state index contributed by atoms with van der Waals surface area (Å²) in [6.45, 7) is 4.23. The van der Waals surface area contributed by atoms with E-state index in [0.29, 0.717) is 0 Å². The Bertz CT molecular complexity index is 120. The highest BCUT2D eigenvalue weighted by molar-refractivity contribution is 4.90. The van der Waals surface area contributed by atoms with E-state index in [-0.39, 0.29) is 24.0 Å². The van der Waals surface area contributed by atoms with Crippen molar-refractivity contribution in [3.63, 3.8) is 0 Å². The molecule has 2 N–H and O–H groups in total. The standard InChI is InChI=1S/C8H16O2/c1-8(2)4-3-6(5-9)7(8)10/h6-7,9-10H,3-5H2,1-2H3/t6-,7-/m0/s1. The maximum Gasteiger partial charge on any atom is 0.0641 e. The number of hydrogen-bond donors (Lipinski definition) is 2. The maximum absolute atomic E-state index is 9.56. The lowest BCUT2D eigenvalue weighted by molar-refractivity contribution is 0.0256. The van der Waals surface area contributed by atoms with Crippen molar-refractivity contribution in [3.8, 4) is 0 Å². The Hall–Kier alpha value is -0.0800. The summed E-state index contributed by atoms with van der Waals surface area (Å²) in [5.41, 5.74) is 0.0212. The minimum Gasteiger partial charge on any atom is -0.396 e. The first kappa shape index (κ1) is 8.02. The molecule has 0 bridgehead atoms. The van der Waals surface area contributed by atoms with Crippen LogP contribution in [0, 0.1) is 11.3 Å². The Balaban J connectivity index is 2.58. The number of aliphatic hydroxyl groups excluding tert-OH is 2. The van der Waals surface area contributed by atoms with Gasteiger partial charge in [-0.1, -0.05) is 13.8 Å². The summed E-state index contributed by atoms with van der Waals surface area (Å²) in [7, 11) is 0. The Kier molecular flexibility index (Phi) is 2.02. The molecular formula is C8H16O2. The monoisotopic (exact) mass is 144 g/mol. The van der Waals surface area contributed by atoms with Crippen molar-refractivity contribution >= 4 is 0 Å². The molecule has 0 radical (unpaired) electrons. The fourth-order valence-electron chi connectivity index (χ4n) is 1.69. The van der Waals surface area contributed by atoms with E-state index >= 15 is 0 Å². The van der Waals surface area contributed by atoms with Gasteiger partial charge in [0.25, 0.3) is 0 Å². The molecule has 60 valence electrons. The molecule has 1 saturated carbocycles. The Morgan fingerprint density at radius 1 is 1.50 bits per heavy atom. The van der Waals surface area contributed by atoms with E-state index in [1.165, 1.54) is 0 Å². The quantitative estimate of drug-likeness (QED) is 0.571. The summed E-state index contributed by atoms with van der Waals surface area (Å²) < 4.78 is 0. The third-order valence-corrected chi connectivity index (χ3v) is 2.64. The van der Waals surface area contributed by atoms with Crippen LogP contribution in [0.2, 0.25) is 0 Å². The second kappa shape index (κ2) is 2.51. The summed E-state index contributed by atoms with van der Waals surface area (Å²) in [5, 5.41) is 18.4. The average molecular weight is 144 g/mol. The van der Waals surface area contributed by atoms with Crippen molar-refractivity contribution in [1.82, 2.24) is 0 Å². The van der Waals surface area contributed by atoms with Crippen LogP contribution in [0.5, 0.6) is 0 Å². The number of rotatable bonds is 1. The first-order valence-corrected chi connectivity index (χ1v) is 3.87. The predicted molar refractivity (Wildman–Crippen MR) is 39.6 cm³/mol. The van der Waals surface area contributed by atoms with Gasteiger partial charge >= 0.3 is 0 Å². The van der Waals surface area contributed by atoms with Crippen LogP contribution in [0.4, 0.5) is 0 Å². The molecule has 0 saturated heterocycles. The van der Waals surface area contributed by atoms with Crippen molar-refractivity contribution in [2.45, 2.75) is 32.8 Å². The minimum absolute atomic E-state index is 0.0212. The maximum atomic E-state index is 9.56. The van der Waals surface area contributed by atoms with Gasteiger partial charge in [-0.05, 0) is 18.3 Å². The zero-order chi connectivity index (χ0) is 7.78. The van der Waals surface area contributed by atoms with E-state index in [1.807, 2.05) is 13.8 Å². The Morgan fingerprint density at radius 2 is 2.10 bits per heavy atom. The van der Waals surface area contributed by atoms with Crippen molar-refractivity contribution in [1.29, 1.82) is 0 Å². The van der Waals surface area contributed by atoms with Crippen LogP contribution in [0.1, 0.15) is 26.7 Å². The molecule has 0 unspecified atom stereocenters. The van der Waals surface area contributed by atoms with E-state index in [1.54, 1.807) is 0 Å². The lowest BCUT2D eigenvalue weighted by Gasteiger charge is -2.24. The van der Waals surface area contributed by atoms with E-state index in [9.17, 15) is 5.11 Å². The molecule has 0 aliphatic heterocycles. The third-order valence-electron chi connectivity index (χ3n) is 2.64. The highest BCUT2D eigenvalue weighted by Gasteiger charge is 2.39. The lowest BCUT2D eigenvalue weighted by atomic mass is 9.87. The molecule has 2 nitrogen and oxygen atoms in total. The molecule has 0 aromatic carbocycles. The summed E-state index contributed by atoms with van der Waals surface area (Å²) in [6, 6.07) is 0. The number of aliphatic hydroxyl groups is 2. The minimum atomic E-state index is -0.308. The van der Waals surface area contributed by atoms with Gasteiger partial charge < -0.3 is 10.2 Å². The summed E-state index contributed by atoms with van der Waals surface area (Å²) in [4.78, 5) is 0. The normalized spacial score (nSPS) is 38.4. The average Bonchev–Trinajstić information content (AvgIpc) is 2.10. The van der Waals surface area contributed by atoms with E-state index in [4.69, 9.17) is 5.11 Å². The van der Waals surface area contributed by atoms with Crippen LogP contribution in [0.15, 0.2) is 0 Å². The fourth-order valence-corrected chi connectivity index (χ4v) is 1.69. The molecule has 2 atom stereocenters. The summed E-state index contributed by atoms with van der Waals surface area (Å²) in [5.74, 6) is 0.120. The Morgan fingerprint density at radius 3 is 2.30 bits per heavy atom. The molecule has 0 heterocycles. The van der Waals surface area contributed by atoms with Gasteiger partial charge in [0.15, 0.2) is 0 Å². The second-order valence-corrected chi connectivity index (χ2v) is 3.91. The molecule has 0 aromatic rings. The van der Waals surface area contributed by atoms with Gasteiger partial charge in [0.2, 0.25) is 0 Å². The van der Waals surface area contributed by atoms with Crippen LogP contribution < -0.4 is 0 Å². The Labute approximate surface area is 61.9 Å². The van der Waals surface area contributed by atoms with Crippen molar-refractivity contribution in [2.24, 2.45) is 11.3 Å². The van der Waals surface area contributed by atoms with Crippen LogP contribution in [-0.2, 0) is 0 Å². The van der Waals surface area contributed by atoms with Crippen molar-refractivity contribution < 1.29 is 10.2 Å². The topological polar surface area (TPSA) is 40.5 Å². The zero-order valence-corrected chi connectivity index (χ0v) is 6.67. The lowest BCUT2D eigenvalue weighted by Crippen LogP contribution is -2.29. The number of hydrogen-bond acceptors (Lipinski definition) is 2. The van der Waals surface area contributed by atoms with Crippen molar-refractivity contribution in [3.05, 3.63) is 0 Å². The SMILES string of the molecule is CC1(C)CC[C@@H](CO)[C@@H]1O. The van der Waals surface area contributed by atoms with E-state index in [2.05, 4.69) is 0 Å². The molecule has 2 heteroatoms. The molecular weight excluding hydrogens is 128 g/mol. The van der Waals surface area contributed by atoms with E-state index in [0.717, 1.165) is 12.8 Å². The highest BCUT2D eigenvalue weighted by atomic mass is 16.3. The van der Waals surface area contributed by atoms with Crippen molar-refractivity contribution in [2.75, 3.05) is 6.61 Å². The molecule has 0 amide bonds. The molecule has 1 aliphatic carbocycles. The van der Waals surface area contributed by atoms with Gasteiger partial charge in [-0.25, -0.2) is 0 Å². The first-order chi connectivity index (χ1) is 4.58. The van der Waals surface area contributed by atoms with Crippen LogP contribution in [-0.4, -0.2) is 22.9 Å². The molecule has 0 spiro atoms. The first-order valence-electron chi connectivity index (χ1n) is 3.87. The van der Waals surface area contributed by atoms with Gasteiger partial charge in [-0.3, -0.25) is 0 Å². The second-order valence-electron chi connectivity index (χ2n) is 3.91. The van der Waals surface area contributed by atoms with E-state index < -0.39 is 0 Å². The molecule has 1 aliphatic rings. The predicted octanol–water partition coefficient (Wildman–Crippen LogP) is 0.776. The highest BCUT2D eigenvalue weighted by Crippen LogP contribution is 2.40. The third kappa shape index (κ3) is 1.18. The zero-order valence-electron chi connectivity index (χ0n) is 6.67. The van der Waals surface area contributed by atoms with Gasteiger partial charge in [0.05, 0.1) is 6.10 Å². The fraction of sp³-hybridized carbons (Fsp3) is 1.00. The molecule has 10 heavy (non-hydrogen) atoms. The van der Waals surface area contributed by atoms with Gasteiger partial charge in [0.1, 0.15) is 0 Å². The summed E-state index contributed by atoms with van der Waals surface area (Å²) in [6.07, 6.45) is 1.68. The van der Waals surface area contributed by atoms with Gasteiger partial charge in [-0.2, -0.15) is 0 Å². The molecule has 1 rings (SSSR count). The smallest absolute Gasteiger partial charge is 0.0641 e. The molecule has 1 fully saturated rings. The van der Waals surface area contributed by atoms with Gasteiger partial charge in [0, 0.05) is 12.5 Å². The molecule has 0 aromatic heterocycles.